The first-order valence-corrected chi connectivity index (χ1v) is 7.08. The molecule has 2 rings (SSSR count). The van der Waals surface area contributed by atoms with Crippen molar-refractivity contribution in [2.45, 2.75) is 44.3 Å². The number of nitrogens with one attached hydrogen (secondary N) is 2. The van der Waals surface area contributed by atoms with E-state index in [4.69, 9.17) is 17.3 Å². The van der Waals surface area contributed by atoms with Gasteiger partial charge in [-0.2, -0.15) is 0 Å². The smallest absolute Gasteiger partial charge is 0.315 e. The van der Waals surface area contributed by atoms with Crippen LogP contribution in [0, 0.1) is 0 Å². The summed E-state index contributed by atoms with van der Waals surface area (Å²) in [5.41, 5.74) is 6.90. The van der Waals surface area contributed by atoms with E-state index in [0.29, 0.717) is 11.6 Å². The maximum atomic E-state index is 11.8. The number of nitrogens with two attached hydrogens (primary N) is 1. The highest BCUT2D eigenvalue weighted by Gasteiger charge is 2.23. The minimum Gasteiger partial charge on any atom is -0.334 e. The lowest BCUT2D eigenvalue weighted by Gasteiger charge is -2.29. The molecule has 1 aromatic carbocycles. The van der Waals surface area contributed by atoms with Gasteiger partial charge in [-0.05, 0) is 24.5 Å². The summed E-state index contributed by atoms with van der Waals surface area (Å²) in [5, 5.41) is 6.42. The maximum Gasteiger partial charge on any atom is 0.315 e. The van der Waals surface area contributed by atoms with Gasteiger partial charge in [-0.15, -0.1) is 0 Å². The average molecular weight is 282 g/mol. The Labute approximate surface area is 118 Å². The Kier molecular flexibility index (Phi) is 5.05. The number of urea groups is 1. The van der Waals surface area contributed by atoms with Gasteiger partial charge < -0.3 is 16.4 Å². The van der Waals surface area contributed by atoms with E-state index >= 15 is 0 Å². The predicted molar refractivity (Wildman–Crippen MR) is 77.1 cm³/mol. The van der Waals surface area contributed by atoms with Crippen molar-refractivity contribution in [3.05, 3.63) is 34.9 Å². The minimum atomic E-state index is -0.178. The molecule has 1 aliphatic rings. The molecule has 1 aromatic rings. The van der Waals surface area contributed by atoms with Gasteiger partial charge in [-0.3, -0.25) is 0 Å². The second kappa shape index (κ2) is 6.78. The molecule has 5 heteroatoms. The van der Waals surface area contributed by atoms with E-state index in [2.05, 4.69) is 10.6 Å². The van der Waals surface area contributed by atoms with Gasteiger partial charge in [0.25, 0.3) is 0 Å². The topological polar surface area (TPSA) is 67.1 Å². The van der Waals surface area contributed by atoms with Crippen molar-refractivity contribution in [3.63, 3.8) is 0 Å². The first-order valence-electron chi connectivity index (χ1n) is 6.70. The van der Waals surface area contributed by atoms with Crippen LogP contribution in [0.4, 0.5) is 4.79 Å². The average Bonchev–Trinajstić information content (AvgIpc) is 2.40. The number of hydrogen-bond donors (Lipinski definition) is 3. The molecule has 104 valence electrons. The van der Waals surface area contributed by atoms with Crippen LogP contribution < -0.4 is 16.4 Å². The number of halogens is 1. The first-order chi connectivity index (χ1) is 9.16. The molecule has 2 amide bonds. The van der Waals surface area contributed by atoms with Gasteiger partial charge in [0.05, 0.1) is 0 Å². The number of benzene rings is 1. The molecule has 2 unspecified atom stereocenters. The van der Waals surface area contributed by atoms with Crippen molar-refractivity contribution in [2.75, 3.05) is 0 Å². The van der Waals surface area contributed by atoms with Crippen molar-refractivity contribution >= 4 is 17.6 Å². The van der Waals surface area contributed by atoms with Crippen molar-refractivity contribution in [1.29, 1.82) is 0 Å². The Balaban J connectivity index is 1.80. The van der Waals surface area contributed by atoms with Crippen LogP contribution in [0.25, 0.3) is 0 Å². The highest BCUT2D eigenvalue weighted by atomic mass is 35.5. The molecular weight excluding hydrogens is 262 g/mol. The van der Waals surface area contributed by atoms with Crippen molar-refractivity contribution in [3.8, 4) is 0 Å². The quantitative estimate of drug-likeness (QED) is 0.796. The van der Waals surface area contributed by atoms with E-state index < -0.39 is 0 Å². The molecule has 4 nitrogen and oxygen atoms in total. The van der Waals surface area contributed by atoms with Crippen LogP contribution in [0.5, 0.6) is 0 Å². The van der Waals surface area contributed by atoms with Crippen molar-refractivity contribution in [1.82, 2.24) is 10.6 Å². The van der Waals surface area contributed by atoms with Crippen molar-refractivity contribution in [2.24, 2.45) is 5.73 Å². The summed E-state index contributed by atoms with van der Waals surface area (Å²) < 4.78 is 0. The van der Waals surface area contributed by atoms with Gasteiger partial charge in [-0.1, -0.05) is 42.6 Å². The molecule has 0 saturated heterocycles. The molecule has 1 saturated carbocycles. The lowest BCUT2D eigenvalue weighted by molar-refractivity contribution is 0.228. The molecule has 0 radical (unpaired) electrons. The van der Waals surface area contributed by atoms with E-state index in [1.807, 2.05) is 24.3 Å². The van der Waals surface area contributed by atoms with Crippen LogP contribution in [0.3, 0.4) is 0 Å². The van der Waals surface area contributed by atoms with Gasteiger partial charge in [0.15, 0.2) is 0 Å². The van der Waals surface area contributed by atoms with Crippen LogP contribution in [0.2, 0.25) is 5.02 Å². The Morgan fingerprint density at radius 3 is 2.79 bits per heavy atom. The SMILES string of the molecule is NC1CCCCC1NC(=O)NCc1ccccc1Cl. The molecule has 2 atom stereocenters. The Hall–Kier alpha value is -1.26. The number of carbonyl (C=O) groups is 1. The molecule has 4 N–H and O–H groups in total. The molecule has 1 fully saturated rings. The van der Waals surface area contributed by atoms with Crippen LogP contribution in [0.1, 0.15) is 31.2 Å². The van der Waals surface area contributed by atoms with Gasteiger partial charge in [0.2, 0.25) is 0 Å². The van der Waals surface area contributed by atoms with Crippen LogP contribution >= 0.6 is 11.6 Å². The number of hydrogen-bond acceptors (Lipinski definition) is 2. The lowest BCUT2D eigenvalue weighted by Crippen LogP contribution is -2.52. The third-order valence-corrected chi connectivity index (χ3v) is 3.90. The summed E-state index contributed by atoms with van der Waals surface area (Å²) in [6.07, 6.45) is 4.22. The summed E-state index contributed by atoms with van der Waals surface area (Å²) in [6.45, 7) is 0.424. The predicted octanol–water partition coefficient (Wildman–Crippen LogP) is 2.41. The van der Waals surface area contributed by atoms with Crippen molar-refractivity contribution < 1.29 is 4.79 Å². The zero-order chi connectivity index (χ0) is 13.7. The molecule has 0 aromatic heterocycles. The highest BCUT2D eigenvalue weighted by Crippen LogP contribution is 2.17. The Morgan fingerprint density at radius 1 is 1.32 bits per heavy atom. The van der Waals surface area contributed by atoms with Crippen LogP contribution in [0.15, 0.2) is 24.3 Å². The summed E-state index contributed by atoms with van der Waals surface area (Å²) >= 11 is 6.03. The fourth-order valence-electron chi connectivity index (χ4n) is 2.38. The summed E-state index contributed by atoms with van der Waals surface area (Å²) in [6, 6.07) is 7.45. The Bertz CT molecular complexity index is 438. The summed E-state index contributed by atoms with van der Waals surface area (Å²) in [5.74, 6) is 0. The summed E-state index contributed by atoms with van der Waals surface area (Å²) in [7, 11) is 0. The highest BCUT2D eigenvalue weighted by molar-refractivity contribution is 6.31. The number of carbonyl (C=O) groups excluding carboxylic acids is 1. The van der Waals surface area contributed by atoms with Gasteiger partial charge in [0.1, 0.15) is 0 Å². The monoisotopic (exact) mass is 281 g/mol. The van der Waals surface area contributed by atoms with Gasteiger partial charge in [-0.25, -0.2) is 4.79 Å². The normalized spacial score (nSPS) is 22.8. The second-order valence-electron chi connectivity index (χ2n) is 4.97. The largest absolute Gasteiger partial charge is 0.334 e. The summed E-state index contributed by atoms with van der Waals surface area (Å²) in [4.78, 5) is 11.8. The molecule has 19 heavy (non-hydrogen) atoms. The zero-order valence-corrected chi connectivity index (χ0v) is 11.6. The molecule has 0 bridgehead atoms. The fourth-order valence-corrected chi connectivity index (χ4v) is 2.58. The van der Waals surface area contributed by atoms with E-state index in [1.165, 1.54) is 0 Å². The van der Waals surface area contributed by atoms with Crippen LogP contribution in [-0.2, 0) is 6.54 Å². The number of amides is 2. The van der Waals surface area contributed by atoms with E-state index in [-0.39, 0.29) is 18.1 Å². The van der Waals surface area contributed by atoms with Gasteiger partial charge >= 0.3 is 6.03 Å². The maximum absolute atomic E-state index is 11.8. The Morgan fingerprint density at radius 2 is 2.05 bits per heavy atom. The lowest BCUT2D eigenvalue weighted by atomic mass is 9.91. The first kappa shape index (κ1) is 14.2. The van der Waals surface area contributed by atoms with E-state index in [1.54, 1.807) is 0 Å². The van der Waals surface area contributed by atoms with Gasteiger partial charge in [0, 0.05) is 23.7 Å². The molecule has 0 heterocycles. The molecule has 0 aliphatic heterocycles. The second-order valence-corrected chi connectivity index (χ2v) is 5.38. The minimum absolute atomic E-state index is 0.0693. The fraction of sp³-hybridized carbons (Fsp3) is 0.500. The third-order valence-electron chi connectivity index (χ3n) is 3.53. The number of rotatable bonds is 3. The van der Waals surface area contributed by atoms with Crippen LogP contribution in [-0.4, -0.2) is 18.1 Å². The van der Waals surface area contributed by atoms with E-state index in [9.17, 15) is 4.79 Å². The molecule has 1 aliphatic carbocycles. The zero-order valence-electron chi connectivity index (χ0n) is 10.9. The standard InChI is InChI=1S/C14H20ClN3O/c15-11-6-2-1-5-10(11)9-17-14(19)18-13-8-4-3-7-12(13)16/h1-2,5-6,12-13H,3-4,7-9,16H2,(H2,17,18,19). The molecular formula is C14H20ClN3O. The van der Waals surface area contributed by atoms with E-state index in [0.717, 1.165) is 31.2 Å². The molecule has 0 spiro atoms. The third kappa shape index (κ3) is 4.11.